The Morgan fingerprint density at radius 3 is 0.672 bits per heavy atom. The number of epoxide rings is 4. The van der Waals surface area contributed by atoms with Crippen LogP contribution in [-0.4, -0.2) is 163 Å². The highest BCUT2D eigenvalue weighted by Gasteiger charge is 2.48. The van der Waals surface area contributed by atoms with Crippen molar-refractivity contribution in [3.63, 3.8) is 0 Å². The minimum atomic E-state index is -0.667. The third kappa shape index (κ3) is 15.5. The summed E-state index contributed by atoms with van der Waals surface area (Å²) < 4.78 is 20.8. The molecule has 0 bridgehead atoms. The summed E-state index contributed by atoms with van der Waals surface area (Å²) in [5.74, 6) is -3.18. The molecule has 8 aliphatic rings. The molecule has 4 aliphatic heterocycles. The first-order valence-electron chi connectivity index (χ1n) is 20.8. The van der Waals surface area contributed by atoms with Gasteiger partial charge in [0.05, 0.1) is 112 Å². The number of carbonyl (C=O) groups is 4. The largest absolute Gasteiger partial charge is 0.481 e. The molecule has 18 nitrogen and oxygen atoms in total. The van der Waals surface area contributed by atoms with Crippen LogP contribution in [0.3, 0.4) is 0 Å². The number of fused-ring (bicyclic) bond motifs is 4. The number of ether oxygens (including phenoxy) is 4. The Labute approximate surface area is 339 Å². The first-order chi connectivity index (χ1) is 27.6. The van der Waals surface area contributed by atoms with Gasteiger partial charge in [-0.2, -0.15) is 0 Å². The number of carboxylic acid groups (broad SMARTS) is 4. The monoisotopic (exact) mass is 836 g/mol. The second kappa shape index (κ2) is 23.5. The quantitative estimate of drug-likeness (QED) is 0.124. The van der Waals surface area contributed by atoms with Gasteiger partial charge in [0.1, 0.15) is 0 Å². The number of aliphatic carboxylic acids is 4. The zero-order valence-electron chi connectivity index (χ0n) is 33.8. The maximum absolute atomic E-state index is 10.5. The molecule has 0 radical (unpaired) electrons. The van der Waals surface area contributed by atoms with Gasteiger partial charge in [0.2, 0.25) is 0 Å². The van der Waals surface area contributed by atoms with Crippen LogP contribution in [-0.2, 0) is 38.1 Å². The molecule has 4 saturated carbocycles. The summed E-state index contributed by atoms with van der Waals surface area (Å²) in [6.07, 6.45) is 13.9. The van der Waals surface area contributed by atoms with Crippen LogP contribution in [0.2, 0.25) is 0 Å². The third-order valence-electron chi connectivity index (χ3n) is 12.9. The predicted octanol–water partition coefficient (Wildman–Crippen LogP) is 1.27. The highest BCUT2D eigenvalue weighted by atomic mass is 16.6. The molecule has 4 aliphatic carbocycles. The fraction of sp³-hybridized carbons (Fsp3) is 0.900. The first kappa shape index (κ1) is 49.8. The van der Waals surface area contributed by atoms with Crippen LogP contribution in [0.5, 0.6) is 0 Å². The van der Waals surface area contributed by atoms with Gasteiger partial charge in [0.25, 0.3) is 0 Å². The molecular formula is C40H68O18. The minimum absolute atomic E-state index is 0.135. The van der Waals surface area contributed by atoms with E-state index in [-0.39, 0.29) is 87.7 Å². The van der Waals surface area contributed by atoms with Gasteiger partial charge in [-0.25, -0.2) is 0 Å². The van der Waals surface area contributed by atoms with E-state index in [9.17, 15) is 19.2 Å². The molecule has 10 N–H and O–H groups in total. The highest BCUT2D eigenvalue weighted by Crippen LogP contribution is 2.41. The molecule has 4 heterocycles. The van der Waals surface area contributed by atoms with Crippen molar-refractivity contribution in [1.29, 1.82) is 0 Å². The Kier molecular flexibility index (Phi) is 20.2. The molecule has 12 atom stereocenters. The molecule has 8 fully saturated rings. The Bertz CT molecular complexity index is 1080. The zero-order valence-corrected chi connectivity index (χ0v) is 33.8. The van der Waals surface area contributed by atoms with E-state index in [1.54, 1.807) is 0 Å². The number of aliphatic hydroxyl groups excluding tert-OH is 6. The van der Waals surface area contributed by atoms with Crippen molar-refractivity contribution < 1.29 is 89.2 Å². The molecule has 4 saturated heterocycles. The SMILES string of the molecule is CCC(CO)(CO)CO.CCC(CO)(CO)CO.O=C(O)C1CCC2OC2C1.O=C(O)C1CCC2OC2C1.O=C(O)C1CCC2OC2C1.O=C(O)C1CCC2OC2C1. The van der Waals surface area contributed by atoms with E-state index in [2.05, 4.69) is 0 Å². The van der Waals surface area contributed by atoms with Crippen LogP contribution in [0.25, 0.3) is 0 Å². The van der Waals surface area contributed by atoms with E-state index in [0.717, 1.165) is 77.0 Å². The van der Waals surface area contributed by atoms with Gasteiger partial charge in [-0.05, 0) is 89.9 Å². The normalized spacial score (nSPS) is 34.2. The van der Waals surface area contributed by atoms with Crippen LogP contribution in [0.1, 0.15) is 104 Å². The number of carboxylic acids is 4. The topological polar surface area (TPSA) is 321 Å². The lowest BCUT2D eigenvalue weighted by atomic mass is 9.88. The van der Waals surface area contributed by atoms with Crippen molar-refractivity contribution in [3.8, 4) is 0 Å². The first-order valence-corrected chi connectivity index (χ1v) is 20.8. The van der Waals surface area contributed by atoms with Crippen LogP contribution in [0, 0.1) is 34.5 Å². The van der Waals surface area contributed by atoms with Crippen molar-refractivity contribution in [2.24, 2.45) is 34.5 Å². The van der Waals surface area contributed by atoms with Crippen molar-refractivity contribution in [2.45, 2.75) is 153 Å². The van der Waals surface area contributed by atoms with Gasteiger partial charge in [-0.15, -0.1) is 0 Å². The van der Waals surface area contributed by atoms with Gasteiger partial charge in [-0.3, -0.25) is 19.2 Å². The Hall–Kier alpha value is -2.52. The van der Waals surface area contributed by atoms with Crippen molar-refractivity contribution in [3.05, 3.63) is 0 Å². The van der Waals surface area contributed by atoms with Crippen molar-refractivity contribution >= 4 is 23.9 Å². The lowest BCUT2D eigenvalue weighted by Crippen LogP contribution is -2.32. The molecule has 0 aromatic heterocycles. The van der Waals surface area contributed by atoms with E-state index in [1.807, 2.05) is 13.8 Å². The molecule has 0 spiro atoms. The van der Waals surface area contributed by atoms with E-state index in [1.165, 1.54) is 0 Å². The Morgan fingerprint density at radius 1 is 0.379 bits per heavy atom. The predicted molar refractivity (Wildman–Crippen MR) is 203 cm³/mol. The smallest absolute Gasteiger partial charge is 0.306 e. The maximum Gasteiger partial charge on any atom is 0.306 e. The summed E-state index contributed by atoms with van der Waals surface area (Å²) in [6, 6.07) is 0. The summed E-state index contributed by atoms with van der Waals surface area (Å²) in [7, 11) is 0. The third-order valence-corrected chi connectivity index (χ3v) is 12.9. The molecule has 0 amide bonds. The molecule has 0 aromatic carbocycles. The number of aliphatic hydroxyl groups is 6. The second-order valence-corrected chi connectivity index (χ2v) is 16.9. The fourth-order valence-electron chi connectivity index (χ4n) is 7.48. The number of rotatable bonds is 12. The molecule has 58 heavy (non-hydrogen) atoms. The number of hydrogen-bond acceptors (Lipinski definition) is 14. The summed E-state index contributed by atoms with van der Waals surface area (Å²) in [6.45, 7) is 2.71. The molecule has 18 heteroatoms. The van der Waals surface area contributed by atoms with Gasteiger partial charge in [-0.1, -0.05) is 13.8 Å². The van der Waals surface area contributed by atoms with Crippen LogP contribution >= 0.6 is 0 Å². The van der Waals surface area contributed by atoms with Gasteiger partial charge >= 0.3 is 23.9 Å². The zero-order chi connectivity index (χ0) is 43.2. The minimum Gasteiger partial charge on any atom is -0.481 e. The Morgan fingerprint density at radius 2 is 0.569 bits per heavy atom. The Balaban J connectivity index is 0.000000186. The average molecular weight is 837 g/mol. The summed E-state index contributed by atoms with van der Waals surface area (Å²) in [4.78, 5) is 41.9. The molecule has 0 aromatic rings. The molecule has 336 valence electrons. The second-order valence-electron chi connectivity index (χ2n) is 16.9. The molecular weight excluding hydrogens is 768 g/mol. The average Bonchev–Trinajstić information content (AvgIpc) is 4.05. The lowest BCUT2D eigenvalue weighted by molar-refractivity contribution is -0.143. The maximum atomic E-state index is 10.5. The standard InChI is InChI=1S/4C7H10O3.2C6H14O3/c4*8-7(9)4-1-2-5-6(3-4)10-5;2*1-2-6(3-7,4-8)5-9/h4*4-6H,1-3H2,(H,8,9);2*7-9H,2-5H2,1H3. The fourth-order valence-corrected chi connectivity index (χ4v) is 7.48. The number of hydrogen-bond donors (Lipinski definition) is 10. The van der Waals surface area contributed by atoms with Crippen LogP contribution < -0.4 is 0 Å². The van der Waals surface area contributed by atoms with Crippen molar-refractivity contribution in [1.82, 2.24) is 0 Å². The van der Waals surface area contributed by atoms with E-state index < -0.39 is 34.7 Å². The highest BCUT2D eigenvalue weighted by molar-refractivity contribution is 5.71. The van der Waals surface area contributed by atoms with E-state index in [0.29, 0.717) is 37.3 Å². The molecule has 12 unspecified atom stereocenters. The van der Waals surface area contributed by atoms with Gasteiger partial charge < -0.3 is 70.0 Å². The van der Waals surface area contributed by atoms with Gasteiger partial charge in [0, 0.05) is 10.8 Å². The van der Waals surface area contributed by atoms with Gasteiger partial charge in [0.15, 0.2) is 0 Å². The van der Waals surface area contributed by atoms with Crippen LogP contribution in [0.4, 0.5) is 0 Å². The van der Waals surface area contributed by atoms with Crippen LogP contribution in [0.15, 0.2) is 0 Å². The van der Waals surface area contributed by atoms with Crippen molar-refractivity contribution in [2.75, 3.05) is 39.6 Å². The summed E-state index contributed by atoms with van der Waals surface area (Å²) in [5, 5.41) is 86.4. The van der Waals surface area contributed by atoms with E-state index in [4.69, 9.17) is 70.0 Å². The van der Waals surface area contributed by atoms with E-state index >= 15 is 0 Å². The summed E-state index contributed by atoms with van der Waals surface area (Å²) in [5.41, 5.74) is -1.33. The molecule has 8 rings (SSSR count). The summed E-state index contributed by atoms with van der Waals surface area (Å²) >= 11 is 0. The lowest BCUT2D eigenvalue weighted by Gasteiger charge is -2.24.